The van der Waals surface area contributed by atoms with Gasteiger partial charge in [0.15, 0.2) is 0 Å². The Morgan fingerprint density at radius 3 is 2.60 bits per heavy atom. The third-order valence-corrected chi connectivity index (χ3v) is 10.6. The van der Waals surface area contributed by atoms with Crippen LogP contribution in [0.4, 0.5) is 8.78 Å². The number of amides is 3. The maximum absolute atomic E-state index is 14.2. The van der Waals surface area contributed by atoms with E-state index < -0.39 is 36.8 Å². The number of fused-ring (bicyclic) bond motifs is 2. The molecule has 3 amide bonds. The summed E-state index contributed by atoms with van der Waals surface area (Å²) >= 11 is 1.03. The first kappa shape index (κ1) is 28.9. The second-order valence-electron chi connectivity index (χ2n) is 11.2. The summed E-state index contributed by atoms with van der Waals surface area (Å²) in [6.45, 7) is 1.08. The zero-order valence-electron chi connectivity index (χ0n) is 22.4. The van der Waals surface area contributed by atoms with Crippen molar-refractivity contribution in [2.24, 2.45) is 0 Å². The minimum atomic E-state index is -5.74. The maximum atomic E-state index is 14.2. The molecular formula is C27H30F2N5O6PS. The molecule has 0 saturated carbocycles. The summed E-state index contributed by atoms with van der Waals surface area (Å²) in [4.78, 5) is 69.5. The largest absolute Gasteiger partial charge is 0.399 e. The van der Waals surface area contributed by atoms with Gasteiger partial charge in [0, 0.05) is 41.5 Å². The van der Waals surface area contributed by atoms with Gasteiger partial charge in [-0.15, -0.1) is 11.3 Å². The number of hydrogen-bond acceptors (Lipinski definition) is 6. The quantitative estimate of drug-likeness (QED) is 0.307. The number of imidazole rings is 1. The molecule has 3 aliphatic heterocycles. The average molecular weight is 622 g/mol. The van der Waals surface area contributed by atoms with Gasteiger partial charge in [-0.1, -0.05) is 18.9 Å². The molecular weight excluding hydrogens is 591 g/mol. The number of thiophene rings is 1. The molecule has 0 aliphatic carbocycles. The van der Waals surface area contributed by atoms with Crippen LogP contribution in [-0.4, -0.2) is 78.5 Å². The highest BCUT2D eigenvalue weighted by molar-refractivity contribution is 7.52. The number of hydrogen-bond donors (Lipinski definition) is 4. The van der Waals surface area contributed by atoms with Gasteiger partial charge in [-0.05, 0) is 49.3 Å². The monoisotopic (exact) mass is 621 g/mol. The van der Waals surface area contributed by atoms with Crippen molar-refractivity contribution in [1.29, 1.82) is 0 Å². The number of nitrogens with one attached hydrogen (secondary N) is 2. The predicted octanol–water partition coefficient (Wildman–Crippen LogP) is 3.51. The third kappa shape index (κ3) is 5.14. The van der Waals surface area contributed by atoms with Crippen molar-refractivity contribution in [1.82, 2.24) is 25.1 Å². The van der Waals surface area contributed by atoms with E-state index in [9.17, 15) is 27.7 Å². The van der Waals surface area contributed by atoms with E-state index in [1.54, 1.807) is 16.1 Å². The number of benzene rings is 1. The van der Waals surface area contributed by atoms with Crippen LogP contribution in [0, 0.1) is 0 Å². The topological polar surface area (TPSA) is 156 Å². The van der Waals surface area contributed by atoms with Crippen molar-refractivity contribution in [2.75, 3.05) is 13.1 Å². The van der Waals surface area contributed by atoms with Crippen LogP contribution in [-0.2, 0) is 19.8 Å². The number of aromatic amines is 1. The Morgan fingerprint density at radius 2 is 1.88 bits per heavy atom. The van der Waals surface area contributed by atoms with Crippen molar-refractivity contribution in [3.05, 3.63) is 52.9 Å². The second-order valence-corrected chi connectivity index (χ2v) is 13.9. The van der Waals surface area contributed by atoms with Gasteiger partial charge in [0.1, 0.15) is 12.1 Å². The third-order valence-electron chi connectivity index (χ3n) is 8.51. The SMILES string of the molecule is O=C(N[C@H]1CCCC[C@H]2CC[C@@H](C(=O)N3CC(c4c[nH]cn4)C3)N2C1=O)c1cc2cc(C(F)(F)P(=O)(O)O)ccc2s1. The number of aromatic nitrogens is 2. The Labute approximate surface area is 243 Å². The molecule has 4 N–H and O–H groups in total. The molecule has 1 aromatic carbocycles. The van der Waals surface area contributed by atoms with Crippen LogP contribution in [0.2, 0.25) is 0 Å². The normalized spacial score (nSPS) is 23.8. The minimum absolute atomic E-state index is 0.0759. The van der Waals surface area contributed by atoms with Crippen molar-refractivity contribution in [3.8, 4) is 0 Å². The Morgan fingerprint density at radius 1 is 1.12 bits per heavy atom. The summed E-state index contributed by atoms with van der Waals surface area (Å²) in [5.74, 6) is -0.775. The van der Waals surface area contributed by atoms with Crippen LogP contribution in [0.15, 0.2) is 36.8 Å². The number of nitrogens with zero attached hydrogens (tertiary/aromatic N) is 3. The van der Waals surface area contributed by atoms with E-state index in [-0.39, 0.29) is 34.0 Å². The van der Waals surface area contributed by atoms with E-state index in [4.69, 9.17) is 9.79 Å². The number of H-pyrrole nitrogens is 1. The van der Waals surface area contributed by atoms with Gasteiger partial charge in [-0.2, -0.15) is 8.78 Å². The van der Waals surface area contributed by atoms with Crippen molar-refractivity contribution in [3.63, 3.8) is 0 Å². The molecule has 5 heterocycles. The van der Waals surface area contributed by atoms with Crippen molar-refractivity contribution < 1.29 is 37.5 Å². The fraction of sp³-hybridized carbons (Fsp3) is 0.481. The molecule has 6 rings (SSSR count). The highest BCUT2D eigenvalue weighted by Gasteiger charge is 2.50. The number of carbonyl (C=O) groups is 3. The standard InChI is InChI=1S/C27H30F2N5O6PS/c28-27(29,41(38,39)40)17-5-8-22-15(9-17)10-23(42-22)24(35)32-19-4-2-1-3-18-6-7-21(34(18)25(19)36)26(37)33-12-16(13-33)20-11-30-14-31-20/h5,8-11,14,16,18-19,21H,1-4,6-7,12-13H2,(H,30,31)(H,32,35)(H2,38,39,40)/t18-,19-,21-/m0/s1. The summed E-state index contributed by atoms with van der Waals surface area (Å²) in [6.07, 6.45) is 7.49. The lowest BCUT2D eigenvalue weighted by atomic mass is 9.95. The molecule has 3 saturated heterocycles. The zero-order valence-corrected chi connectivity index (χ0v) is 24.1. The predicted molar refractivity (Wildman–Crippen MR) is 149 cm³/mol. The zero-order chi connectivity index (χ0) is 29.8. The lowest BCUT2D eigenvalue weighted by Gasteiger charge is -2.42. The number of halogens is 2. The van der Waals surface area contributed by atoms with Crippen molar-refractivity contribution in [2.45, 2.75) is 68.2 Å². The molecule has 2 aromatic heterocycles. The first-order chi connectivity index (χ1) is 19.9. The molecule has 3 fully saturated rings. The Balaban J connectivity index is 1.17. The fourth-order valence-corrected chi connectivity index (χ4v) is 7.62. The lowest BCUT2D eigenvalue weighted by molar-refractivity contribution is -0.149. The van der Waals surface area contributed by atoms with E-state index in [1.165, 1.54) is 12.1 Å². The molecule has 3 atom stereocenters. The van der Waals surface area contributed by atoms with Gasteiger partial charge in [-0.3, -0.25) is 18.9 Å². The van der Waals surface area contributed by atoms with Crippen LogP contribution < -0.4 is 5.32 Å². The van der Waals surface area contributed by atoms with Gasteiger partial charge in [0.05, 0.1) is 16.9 Å². The van der Waals surface area contributed by atoms with Crippen molar-refractivity contribution >= 4 is 46.7 Å². The number of likely N-dealkylation sites (tertiary alicyclic amines) is 1. The summed E-state index contributed by atoms with van der Waals surface area (Å²) in [5, 5.41) is 3.04. The summed E-state index contributed by atoms with van der Waals surface area (Å²) in [6, 6.07) is 3.03. The Bertz CT molecular complexity index is 1570. The van der Waals surface area contributed by atoms with E-state index in [0.29, 0.717) is 30.6 Å². The number of rotatable bonds is 6. The molecule has 0 spiro atoms. The molecule has 0 radical (unpaired) electrons. The van der Waals surface area contributed by atoms with Gasteiger partial charge in [0.2, 0.25) is 11.8 Å². The first-order valence-corrected chi connectivity index (χ1v) is 16.2. The Hall–Kier alpha value is -3.19. The molecule has 224 valence electrons. The summed E-state index contributed by atoms with van der Waals surface area (Å²) < 4.78 is 40.2. The highest BCUT2D eigenvalue weighted by atomic mass is 32.1. The molecule has 3 aliphatic rings. The Kier molecular flexibility index (Phi) is 7.45. The number of carbonyl (C=O) groups excluding carboxylic acids is 3. The molecule has 11 nitrogen and oxygen atoms in total. The second kappa shape index (κ2) is 10.8. The van der Waals surface area contributed by atoms with Gasteiger partial charge in [0.25, 0.3) is 5.91 Å². The summed E-state index contributed by atoms with van der Waals surface area (Å²) in [5.41, 5.74) is -4.31. The first-order valence-electron chi connectivity index (χ1n) is 13.8. The van der Waals surface area contributed by atoms with Crippen LogP contribution in [0.3, 0.4) is 0 Å². The summed E-state index contributed by atoms with van der Waals surface area (Å²) in [7, 11) is -5.74. The van der Waals surface area contributed by atoms with E-state index in [2.05, 4.69) is 15.3 Å². The molecule has 0 unspecified atom stereocenters. The molecule has 3 aromatic rings. The highest BCUT2D eigenvalue weighted by Crippen LogP contribution is 2.59. The van der Waals surface area contributed by atoms with E-state index >= 15 is 0 Å². The van der Waals surface area contributed by atoms with E-state index in [0.717, 1.165) is 54.8 Å². The van der Waals surface area contributed by atoms with Gasteiger partial charge in [-0.25, -0.2) is 4.98 Å². The number of alkyl halides is 2. The van der Waals surface area contributed by atoms with Gasteiger partial charge < -0.3 is 29.9 Å². The van der Waals surface area contributed by atoms with Crippen LogP contribution >= 0.6 is 18.9 Å². The minimum Gasteiger partial charge on any atom is -0.351 e. The molecule has 0 bridgehead atoms. The van der Waals surface area contributed by atoms with Crippen LogP contribution in [0.25, 0.3) is 10.1 Å². The van der Waals surface area contributed by atoms with Gasteiger partial charge >= 0.3 is 13.3 Å². The average Bonchev–Trinajstić information content (AvgIpc) is 3.67. The maximum Gasteiger partial charge on any atom is 0.399 e. The molecule has 15 heteroatoms. The van der Waals surface area contributed by atoms with E-state index in [1.807, 2.05) is 6.20 Å². The lowest BCUT2D eigenvalue weighted by Crippen LogP contribution is -2.59. The van der Waals surface area contributed by atoms with Crippen LogP contribution in [0.1, 0.15) is 65.4 Å². The fourth-order valence-electron chi connectivity index (χ4n) is 6.20. The van der Waals surface area contributed by atoms with Crippen LogP contribution in [0.5, 0.6) is 0 Å². The smallest absolute Gasteiger partial charge is 0.351 e. The molecule has 42 heavy (non-hydrogen) atoms.